The maximum absolute atomic E-state index is 12.3. The van der Waals surface area contributed by atoms with Crippen LogP contribution in [0, 0.1) is 0 Å². The van der Waals surface area contributed by atoms with E-state index in [1.54, 1.807) is 18.2 Å². The lowest BCUT2D eigenvalue weighted by Crippen LogP contribution is -2.14. The molecule has 2 aromatic carbocycles. The van der Waals surface area contributed by atoms with Crippen molar-refractivity contribution in [3.05, 3.63) is 53.1 Å². The summed E-state index contributed by atoms with van der Waals surface area (Å²) in [5, 5.41) is 2.76. The van der Waals surface area contributed by atoms with Gasteiger partial charge in [-0.3, -0.25) is 9.59 Å². The molecule has 0 radical (unpaired) electrons. The van der Waals surface area contributed by atoms with Crippen molar-refractivity contribution in [3.8, 4) is 5.75 Å². The number of rotatable bonds is 6. The summed E-state index contributed by atoms with van der Waals surface area (Å²) in [4.78, 5) is 24.4. The fraction of sp³-hybridized carbons (Fsp3) is 0.300. The van der Waals surface area contributed by atoms with Gasteiger partial charge in [0.25, 0.3) is 0 Å². The fourth-order valence-electron chi connectivity index (χ4n) is 3.15. The topological polar surface area (TPSA) is 81.4 Å². The highest BCUT2D eigenvalue weighted by atomic mass is 16.5. The van der Waals surface area contributed by atoms with Gasteiger partial charge >= 0.3 is 0 Å². The van der Waals surface area contributed by atoms with Crippen molar-refractivity contribution < 1.29 is 14.3 Å². The molecule has 0 saturated heterocycles. The minimum atomic E-state index is -0.209. The summed E-state index contributed by atoms with van der Waals surface area (Å²) < 4.78 is 5.08. The quantitative estimate of drug-likeness (QED) is 0.625. The van der Waals surface area contributed by atoms with Crippen LogP contribution < -0.4 is 15.8 Å². The SMILES string of the molecule is COc1ccc(NC(=O)CCC(=O)c2ccc3c(c2)CCC3)cc1N. The number of ether oxygens (including phenoxy) is 1. The zero-order chi connectivity index (χ0) is 17.8. The molecule has 3 N–H and O–H groups in total. The molecule has 0 aromatic heterocycles. The number of Topliss-reactive ketones (excluding diaryl/α,β-unsaturated/α-hetero) is 1. The molecule has 5 nitrogen and oxygen atoms in total. The Hall–Kier alpha value is -2.82. The van der Waals surface area contributed by atoms with Gasteiger partial charge < -0.3 is 15.8 Å². The highest BCUT2D eigenvalue weighted by Crippen LogP contribution is 2.25. The average molecular weight is 338 g/mol. The molecule has 0 unspecified atom stereocenters. The first kappa shape index (κ1) is 17.0. The van der Waals surface area contributed by atoms with Gasteiger partial charge in [-0.05, 0) is 54.7 Å². The Bertz CT molecular complexity index is 815. The van der Waals surface area contributed by atoms with Gasteiger partial charge in [0.2, 0.25) is 5.91 Å². The van der Waals surface area contributed by atoms with Crippen LogP contribution in [0.5, 0.6) is 5.75 Å². The summed E-state index contributed by atoms with van der Waals surface area (Å²) >= 11 is 0. The zero-order valence-corrected chi connectivity index (χ0v) is 14.3. The van der Waals surface area contributed by atoms with E-state index >= 15 is 0 Å². The molecule has 0 bridgehead atoms. The molecule has 0 heterocycles. The van der Waals surface area contributed by atoms with Crippen molar-refractivity contribution in [1.82, 2.24) is 0 Å². The zero-order valence-electron chi connectivity index (χ0n) is 14.3. The van der Waals surface area contributed by atoms with Crippen molar-refractivity contribution in [2.75, 3.05) is 18.2 Å². The third-order valence-electron chi connectivity index (χ3n) is 4.51. The predicted octanol–water partition coefficient (Wildman–Crippen LogP) is 3.37. The second-order valence-corrected chi connectivity index (χ2v) is 6.27. The van der Waals surface area contributed by atoms with Gasteiger partial charge in [0.1, 0.15) is 5.75 Å². The number of benzene rings is 2. The van der Waals surface area contributed by atoms with Gasteiger partial charge in [-0.1, -0.05) is 12.1 Å². The summed E-state index contributed by atoms with van der Waals surface area (Å²) in [6.45, 7) is 0. The Balaban J connectivity index is 1.55. The third-order valence-corrected chi connectivity index (χ3v) is 4.51. The minimum absolute atomic E-state index is 0.000838. The fourth-order valence-corrected chi connectivity index (χ4v) is 3.15. The number of methoxy groups -OCH3 is 1. The van der Waals surface area contributed by atoms with Crippen LogP contribution in [-0.2, 0) is 17.6 Å². The first-order valence-corrected chi connectivity index (χ1v) is 8.45. The molecule has 0 spiro atoms. The van der Waals surface area contributed by atoms with Gasteiger partial charge in [-0.15, -0.1) is 0 Å². The molecule has 0 fully saturated rings. The van der Waals surface area contributed by atoms with Crippen molar-refractivity contribution in [2.24, 2.45) is 0 Å². The smallest absolute Gasteiger partial charge is 0.224 e. The Morgan fingerprint density at radius 3 is 2.64 bits per heavy atom. The number of carbonyl (C=O) groups excluding carboxylic acids is 2. The molecule has 1 aliphatic carbocycles. The van der Waals surface area contributed by atoms with E-state index in [-0.39, 0.29) is 24.5 Å². The summed E-state index contributed by atoms with van der Waals surface area (Å²) in [5.41, 5.74) is 10.2. The van der Waals surface area contributed by atoms with E-state index in [1.165, 1.54) is 18.2 Å². The van der Waals surface area contributed by atoms with Crippen LogP contribution in [0.2, 0.25) is 0 Å². The average Bonchev–Trinajstić information content (AvgIpc) is 3.07. The van der Waals surface area contributed by atoms with Crippen LogP contribution in [-0.4, -0.2) is 18.8 Å². The van der Waals surface area contributed by atoms with E-state index in [4.69, 9.17) is 10.5 Å². The molecule has 25 heavy (non-hydrogen) atoms. The standard InChI is InChI=1S/C20H22N2O3/c1-25-19-9-7-16(12-17(19)21)22-20(24)10-8-18(23)15-6-5-13-3-2-4-14(13)11-15/h5-7,9,11-12H,2-4,8,10,21H2,1H3,(H,22,24). The Morgan fingerprint density at radius 1 is 1.08 bits per heavy atom. The number of amides is 1. The normalized spacial score (nSPS) is 12.5. The highest BCUT2D eigenvalue weighted by molar-refractivity contribution is 6.00. The highest BCUT2D eigenvalue weighted by Gasteiger charge is 2.15. The molecule has 2 aromatic rings. The number of fused-ring (bicyclic) bond motifs is 1. The summed E-state index contributed by atoms with van der Waals surface area (Å²) in [7, 11) is 1.54. The van der Waals surface area contributed by atoms with Crippen LogP contribution >= 0.6 is 0 Å². The van der Waals surface area contributed by atoms with E-state index in [9.17, 15) is 9.59 Å². The van der Waals surface area contributed by atoms with Crippen LogP contribution in [0.1, 0.15) is 40.7 Å². The number of nitrogens with two attached hydrogens (primary N) is 1. The molecule has 1 aliphatic rings. The molecule has 0 aliphatic heterocycles. The first-order valence-electron chi connectivity index (χ1n) is 8.45. The van der Waals surface area contributed by atoms with Crippen molar-refractivity contribution in [1.29, 1.82) is 0 Å². The van der Waals surface area contributed by atoms with Gasteiger partial charge in [0.05, 0.1) is 12.8 Å². The third kappa shape index (κ3) is 3.99. The number of anilines is 2. The number of carbonyl (C=O) groups is 2. The molecular weight excluding hydrogens is 316 g/mol. The van der Waals surface area contributed by atoms with Crippen molar-refractivity contribution >= 4 is 23.1 Å². The van der Waals surface area contributed by atoms with Gasteiger partial charge in [-0.25, -0.2) is 0 Å². The largest absolute Gasteiger partial charge is 0.495 e. The Morgan fingerprint density at radius 2 is 1.88 bits per heavy atom. The van der Waals surface area contributed by atoms with Crippen molar-refractivity contribution in [3.63, 3.8) is 0 Å². The lowest BCUT2D eigenvalue weighted by molar-refractivity contribution is -0.116. The van der Waals surface area contributed by atoms with E-state index in [2.05, 4.69) is 5.32 Å². The lowest BCUT2D eigenvalue weighted by atomic mass is 10.0. The summed E-state index contributed by atoms with van der Waals surface area (Å²) in [6.07, 6.45) is 3.62. The number of hydrogen-bond donors (Lipinski definition) is 2. The van der Waals surface area contributed by atoms with Crippen LogP contribution in [0.15, 0.2) is 36.4 Å². The van der Waals surface area contributed by atoms with Gasteiger partial charge in [0.15, 0.2) is 5.78 Å². The predicted molar refractivity (Wildman–Crippen MR) is 98.1 cm³/mol. The summed E-state index contributed by atoms with van der Waals surface area (Å²) in [5.74, 6) is 0.350. The number of aryl methyl sites for hydroxylation is 2. The van der Waals surface area contributed by atoms with Gasteiger partial charge in [0, 0.05) is 24.1 Å². The lowest BCUT2D eigenvalue weighted by Gasteiger charge is -2.09. The van der Waals surface area contributed by atoms with E-state index in [0.29, 0.717) is 22.7 Å². The number of ketones is 1. The molecule has 5 heteroatoms. The number of nitrogen functional groups attached to an aromatic ring is 1. The van der Waals surface area contributed by atoms with Crippen LogP contribution in [0.25, 0.3) is 0 Å². The molecule has 130 valence electrons. The Labute approximate surface area is 147 Å². The van der Waals surface area contributed by atoms with Crippen molar-refractivity contribution in [2.45, 2.75) is 32.1 Å². The second-order valence-electron chi connectivity index (χ2n) is 6.27. The molecule has 3 rings (SSSR count). The number of hydrogen-bond acceptors (Lipinski definition) is 4. The van der Waals surface area contributed by atoms with E-state index < -0.39 is 0 Å². The molecule has 0 saturated carbocycles. The minimum Gasteiger partial charge on any atom is -0.495 e. The number of nitrogens with one attached hydrogen (secondary N) is 1. The summed E-state index contributed by atoms with van der Waals surface area (Å²) in [6, 6.07) is 10.9. The molecular formula is C20H22N2O3. The Kier molecular flexibility index (Phi) is 5.03. The van der Waals surface area contributed by atoms with Crippen LogP contribution in [0.3, 0.4) is 0 Å². The van der Waals surface area contributed by atoms with Crippen LogP contribution in [0.4, 0.5) is 11.4 Å². The maximum Gasteiger partial charge on any atom is 0.224 e. The maximum atomic E-state index is 12.3. The first-order chi connectivity index (χ1) is 12.1. The molecule has 1 amide bonds. The van der Waals surface area contributed by atoms with E-state index in [0.717, 1.165) is 19.3 Å². The monoisotopic (exact) mass is 338 g/mol. The molecule has 0 atom stereocenters. The van der Waals surface area contributed by atoms with Gasteiger partial charge in [-0.2, -0.15) is 0 Å². The van der Waals surface area contributed by atoms with E-state index in [1.807, 2.05) is 18.2 Å². The second kappa shape index (κ2) is 7.38.